The van der Waals surface area contributed by atoms with Crippen molar-refractivity contribution in [3.05, 3.63) is 29.8 Å². The molecule has 5 nitrogen and oxygen atoms in total. The zero-order valence-electron chi connectivity index (χ0n) is 15.6. The summed E-state index contributed by atoms with van der Waals surface area (Å²) in [6, 6.07) is 8.29. The first-order valence-electron chi connectivity index (χ1n) is 8.90. The molecular formula is C19H32N4O. The fraction of sp³-hybridized carbons (Fsp3) is 0.632. The fourth-order valence-corrected chi connectivity index (χ4v) is 2.99. The van der Waals surface area contributed by atoms with Crippen molar-refractivity contribution in [1.29, 1.82) is 0 Å². The van der Waals surface area contributed by atoms with Crippen molar-refractivity contribution in [2.24, 2.45) is 10.9 Å². The molecule has 0 saturated carbocycles. The summed E-state index contributed by atoms with van der Waals surface area (Å²) < 4.78 is 5.81. The molecule has 5 heteroatoms. The van der Waals surface area contributed by atoms with Gasteiger partial charge in [-0.25, -0.2) is 0 Å². The number of rotatable bonds is 6. The lowest BCUT2D eigenvalue weighted by Crippen LogP contribution is -2.45. The Morgan fingerprint density at radius 2 is 2.25 bits per heavy atom. The molecule has 1 aromatic rings. The number of hydrogen-bond donors (Lipinski definition) is 1. The van der Waals surface area contributed by atoms with Crippen LogP contribution < -0.4 is 10.1 Å². The van der Waals surface area contributed by atoms with Crippen molar-refractivity contribution in [1.82, 2.24) is 15.1 Å². The van der Waals surface area contributed by atoms with Gasteiger partial charge in [-0.2, -0.15) is 0 Å². The molecule has 1 fully saturated rings. The third-order valence-electron chi connectivity index (χ3n) is 4.32. The normalized spacial score (nSPS) is 18.8. The van der Waals surface area contributed by atoms with Crippen LogP contribution in [0.15, 0.2) is 29.3 Å². The van der Waals surface area contributed by atoms with Gasteiger partial charge in [0.25, 0.3) is 0 Å². The number of piperidine rings is 1. The van der Waals surface area contributed by atoms with Gasteiger partial charge in [0.15, 0.2) is 5.96 Å². The number of nitrogens with zero attached hydrogens (tertiary/aromatic N) is 3. The van der Waals surface area contributed by atoms with Crippen molar-refractivity contribution < 1.29 is 4.74 Å². The van der Waals surface area contributed by atoms with E-state index in [1.165, 1.54) is 18.4 Å². The van der Waals surface area contributed by atoms with Crippen LogP contribution in [0.5, 0.6) is 5.75 Å². The first-order valence-corrected chi connectivity index (χ1v) is 8.90. The number of aliphatic imine (C=N–C) groups is 1. The van der Waals surface area contributed by atoms with Gasteiger partial charge in [0, 0.05) is 33.2 Å². The van der Waals surface area contributed by atoms with Gasteiger partial charge < -0.3 is 19.9 Å². The second-order valence-corrected chi connectivity index (χ2v) is 6.89. The van der Waals surface area contributed by atoms with E-state index < -0.39 is 0 Å². The third-order valence-corrected chi connectivity index (χ3v) is 4.32. The molecule has 1 aliphatic rings. The van der Waals surface area contributed by atoms with Gasteiger partial charge in [-0.05, 0) is 50.6 Å². The van der Waals surface area contributed by atoms with Crippen molar-refractivity contribution >= 4 is 5.96 Å². The lowest BCUT2D eigenvalue weighted by atomic mass is 10.0. The number of likely N-dealkylation sites (N-methyl/N-ethyl adjacent to an activating group) is 1. The van der Waals surface area contributed by atoms with E-state index in [9.17, 15) is 0 Å². The lowest BCUT2D eigenvalue weighted by molar-refractivity contribution is 0.261. The molecule has 1 saturated heterocycles. The van der Waals surface area contributed by atoms with Gasteiger partial charge in [-0.15, -0.1) is 0 Å². The Kier molecular flexibility index (Phi) is 7.37. The summed E-state index contributed by atoms with van der Waals surface area (Å²) in [6.45, 7) is 6.89. The molecule has 134 valence electrons. The molecule has 1 N–H and O–H groups in total. The van der Waals surface area contributed by atoms with E-state index in [-0.39, 0.29) is 0 Å². The maximum Gasteiger partial charge on any atom is 0.193 e. The van der Waals surface area contributed by atoms with Crippen LogP contribution in [0.4, 0.5) is 0 Å². The minimum atomic E-state index is 0.706. The highest BCUT2D eigenvalue weighted by atomic mass is 16.5. The minimum absolute atomic E-state index is 0.706. The van der Waals surface area contributed by atoms with Crippen LogP contribution in [0.1, 0.15) is 25.3 Å². The Hall–Kier alpha value is -1.75. The Morgan fingerprint density at radius 1 is 1.42 bits per heavy atom. The first-order chi connectivity index (χ1) is 11.6. The highest BCUT2D eigenvalue weighted by Gasteiger charge is 2.18. The van der Waals surface area contributed by atoms with E-state index in [1.54, 1.807) is 0 Å². The predicted octanol–water partition coefficient (Wildman–Crippen LogP) is 2.43. The zero-order valence-corrected chi connectivity index (χ0v) is 15.6. The number of likely N-dealkylation sites (tertiary alicyclic amines) is 1. The quantitative estimate of drug-likeness (QED) is 0.642. The molecule has 0 bridgehead atoms. The molecular weight excluding hydrogens is 300 g/mol. The summed E-state index contributed by atoms with van der Waals surface area (Å²) in [5.41, 5.74) is 1.21. The molecule has 24 heavy (non-hydrogen) atoms. The monoisotopic (exact) mass is 332 g/mol. The molecule has 1 unspecified atom stereocenters. The summed E-state index contributed by atoms with van der Waals surface area (Å²) in [5, 5.41) is 3.49. The Morgan fingerprint density at radius 3 is 2.96 bits per heavy atom. The number of ether oxygens (including phenoxy) is 1. The summed E-state index contributed by atoms with van der Waals surface area (Å²) in [7, 11) is 5.97. The van der Waals surface area contributed by atoms with Gasteiger partial charge in [-0.1, -0.05) is 19.1 Å². The van der Waals surface area contributed by atoms with E-state index in [0.717, 1.165) is 43.8 Å². The van der Waals surface area contributed by atoms with Crippen LogP contribution in [0.25, 0.3) is 0 Å². The molecule has 1 aromatic carbocycles. The second-order valence-electron chi connectivity index (χ2n) is 6.89. The number of hydrogen-bond acceptors (Lipinski definition) is 3. The maximum absolute atomic E-state index is 5.81. The van der Waals surface area contributed by atoms with Crippen LogP contribution in [-0.4, -0.2) is 63.1 Å². The lowest BCUT2D eigenvalue weighted by Gasteiger charge is -2.33. The van der Waals surface area contributed by atoms with E-state index >= 15 is 0 Å². The number of nitrogens with one attached hydrogen (secondary N) is 1. The largest absolute Gasteiger partial charge is 0.492 e. The molecule has 0 aromatic heterocycles. The highest BCUT2D eigenvalue weighted by Crippen LogP contribution is 2.16. The van der Waals surface area contributed by atoms with Crippen LogP contribution in [-0.2, 0) is 6.54 Å². The summed E-state index contributed by atoms with van der Waals surface area (Å²) >= 11 is 0. The maximum atomic E-state index is 5.81. The Bertz CT molecular complexity index is 530. The minimum Gasteiger partial charge on any atom is -0.492 e. The fourth-order valence-electron chi connectivity index (χ4n) is 2.99. The average molecular weight is 332 g/mol. The molecule has 1 aliphatic heterocycles. The van der Waals surface area contributed by atoms with Gasteiger partial charge in [0.2, 0.25) is 0 Å². The van der Waals surface area contributed by atoms with E-state index in [4.69, 9.17) is 4.74 Å². The highest BCUT2D eigenvalue weighted by molar-refractivity contribution is 5.80. The van der Waals surface area contributed by atoms with Gasteiger partial charge >= 0.3 is 0 Å². The molecule has 1 atom stereocenters. The van der Waals surface area contributed by atoms with Crippen molar-refractivity contribution in [3.8, 4) is 5.75 Å². The van der Waals surface area contributed by atoms with Gasteiger partial charge in [0.05, 0.1) is 0 Å². The van der Waals surface area contributed by atoms with Crippen LogP contribution in [0, 0.1) is 5.92 Å². The second kappa shape index (κ2) is 9.52. The molecule has 0 amide bonds. The smallest absolute Gasteiger partial charge is 0.193 e. The van der Waals surface area contributed by atoms with Gasteiger partial charge in [0.1, 0.15) is 12.4 Å². The average Bonchev–Trinajstić information content (AvgIpc) is 2.55. The van der Waals surface area contributed by atoms with Gasteiger partial charge in [-0.3, -0.25) is 4.99 Å². The van der Waals surface area contributed by atoms with E-state index in [1.807, 2.05) is 19.2 Å². The van der Waals surface area contributed by atoms with Crippen LogP contribution >= 0.6 is 0 Å². The van der Waals surface area contributed by atoms with Crippen molar-refractivity contribution in [2.75, 3.05) is 47.4 Å². The Labute approximate surface area is 146 Å². The molecule has 0 spiro atoms. The van der Waals surface area contributed by atoms with Crippen LogP contribution in [0.3, 0.4) is 0 Å². The third kappa shape index (κ3) is 6.04. The van der Waals surface area contributed by atoms with Crippen molar-refractivity contribution in [3.63, 3.8) is 0 Å². The van der Waals surface area contributed by atoms with Crippen LogP contribution in [0.2, 0.25) is 0 Å². The zero-order chi connectivity index (χ0) is 17.4. The topological polar surface area (TPSA) is 40.1 Å². The molecule has 0 aliphatic carbocycles. The predicted molar refractivity (Wildman–Crippen MR) is 101 cm³/mol. The number of benzene rings is 1. The Balaban J connectivity index is 1.86. The standard InChI is InChI=1S/C19H32N4O/c1-16-7-6-10-23(15-16)19(20-2)21-14-17-8-5-9-18(13-17)24-12-11-22(3)4/h5,8-9,13,16H,6-7,10-12,14-15H2,1-4H3,(H,20,21). The molecule has 1 heterocycles. The summed E-state index contributed by atoms with van der Waals surface area (Å²) in [5.74, 6) is 2.67. The SMILES string of the molecule is CN=C(NCc1cccc(OCCN(C)C)c1)N1CCCC(C)C1. The molecule has 0 radical (unpaired) electrons. The summed E-state index contributed by atoms with van der Waals surface area (Å²) in [6.07, 6.45) is 2.57. The van der Waals surface area contributed by atoms with E-state index in [0.29, 0.717) is 6.61 Å². The molecule has 2 rings (SSSR count). The van der Waals surface area contributed by atoms with E-state index in [2.05, 4.69) is 53.3 Å². The van der Waals surface area contributed by atoms with Crippen molar-refractivity contribution in [2.45, 2.75) is 26.3 Å². The first kappa shape index (κ1) is 18.6. The number of guanidine groups is 1. The summed E-state index contributed by atoms with van der Waals surface area (Å²) in [4.78, 5) is 8.93.